The summed E-state index contributed by atoms with van der Waals surface area (Å²) in [6.07, 6.45) is 0.870. The molecule has 0 saturated heterocycles. The lowest BCUT2D eigenvalue weighted by Crippen LogP contribution is -2.13. The van der Waals surface area contributed by atoms with E-state index in [1.807, 2.05) is 0 Å². The maximum absolute atomic E-state index is 6.41. The van der Waals surface area contributed by atoms with Crippen molar-refractivity contribution in [2.45, 2.75) is 19.4 Å². The van der Waals surface area contributed by atoms with E-state index in [2.05, 4.69) is 83.5 Å². The standard InChI is InChI=1S/C19H18BrN/c1-13-4-2-3-5-14(13)12-19(21)17-7-6-16-11-18(20)9-8-15(16)10-17/h2-11,19H,12,21H2,1H3. The van der Waals surface area contributed by atoms with Gasteiger partial charge in [0, 0.05) is 10.5 Å². The van der Waals surface area contributed by atoms with Crippen LogP contribution in [-0.2, 0) is 6.42 Å². The Morgan fingerprint density at radius 3 is 2.48 bits per heavy atom. The number of hydrogen-bond acceptors (Lipinski definition) is 1. The molecule has 1 unspecified atom stereocenters. The predicted octanol–water partition coefficient (Wildman–Crippen LogP) is 5.15. The molecule has 0 radical (unpaired) electrons. The van der Waals surface area contributed by atoms with Gasteiger partial charge in [0.25, 0.3) is 0 Å². The van der Waals surface area contributed by atoms with Crippen LogP contribution in [-0.4, -0.2) is 0 Å². The van der Waals surface area contributed by atoms with Crippen molar-refractivity contribution >= 4 is 26.7 Å². The van der Waals surface area contributed by atoms with Gasteiger partial charge in [-0.15, -0.1) is 0 Å². The van der Waals surface area contributed by atoms with Gasteiger partial charge in [0.2, 0.25) is 0 Å². The zero-order valence-corrected chi connectivity index (χ0v) is 13.6. The minimum atomic E-state index is 0.0270. The highest BCUT2D eigenvalue weighted by Crippen LogP contribution is 2.25. The van der Waals surface area contributed by atoms with E-state index in [4.69, 9.17) is 5.73 Å². The van der Waals surface area contributed by atoms with Gasteiger partial charge in [-0.2, -0.15) is 0 Å². The predicted molar refractivity (Wildman–Crippen MR) is 93.5 cm³/mol. The maximum atomic E-state index is 6.41. The lowest BCUT2D eigenvalue weighted by atomic mass is 9.95. The molecule has 0 saturated carbocycles. The van der Waals surface area contributed by atoms with E-state index >= 15 is 0 Å². The summed E-state index contributed by atoms with van der Waals surface area (Å²) in [5.74, 6) is 0. The second-order valence-corrected chi connectivity index (χ2v) is 6.40. The third kappa shape index (κ3) is 3.17. The molecule has 0 aliphatic carbocycles. The summed E-state index contributed by atoms with van der Waals surface area (Å²) in [5, 5.41) is 2.46. The van der Waals surface area contributed by atoms with Crippen molar-refractivity contribution in [2.75, 3.05) is 0 Å². The molecular weight excluding hydrogens is 322 g/mol. The van der Waals surface area contributed by atoms with Crippen LogP contribution in [0.2, 0.25) is 0 Å². The van der Waals surface area contributed by atoms with Crippen LogP contribution < -0.4 is 5.73 Å². The van der Waals surface area contributed by atoms with Crippen molar-refractivity contribution in [1.29, 1.82) is 0 Å². The minimum absolute atomic E-state index is 0.0270. The van der Waals surface area contributed by atoms with Crippen molar-refractivity contribution in [3.05, 3.63) is 81.8 Å². The average molecular weight is 340 g/mol. The molecule has 21 heavy (non-hydrogen) atoms. The quantitative estimate of drug-likeness (QED) is 0.701. The second-order valence-electron chi connectivity index (χ2n) is 5.49. The molecule has 0 aliphatic rings. The van der Waals surface area contributed by atoms with Crippen molar-refractivity contribution in [3.63, 3.8) is 0 Å². The number of hydrogen-bond donors (Lipinski definition) is 1. The Kier molecular flexibility index (Phi) is 4.09. The van der Waals surface area contributed by atoms with Crippen LogP contribution in [0.4, 0.5) is 0 Å². The molecule has 0 spiro atoms. The zero-order chi connectivity index (χ0) is 14.8. The Hall–Kier alpha value is -1.64. The Morgan fingerprint density at radius 1 is 0.952 bits per heavy atom. The summed E-state index contributed by atoms with van der Waals surface area (Å²) in [5.41, 5.74) is 10.2. The molecular formula is C19H18BrN. The molecule has 0 heterocycles. The molecule has 106 valence electrons. The van der Waals surface area contributed by atoms with Gasteiger partial charge in [0.05, 0.1) is 0 Å². The van der Waals surface area contributed by atoms with Crippen molar-refractivity contribution in [1.82, 2.24) is 0 Å². The topological polar surface area (TPSA) is 26.0 Å². The van der Waals surface area contributed by atoms with Crippen molar-refractivity contribution in [3.8, 4) is 0 Å². The number of rotatable bonds is 3. The SMILES string of the molecule is Cc1ccccc1CC(N)c1ccc2cc(Br)ccc2c1. The first kappa shape index (κ1) is 14.3. The minimum Gasteiger partial charge on any atom is -0.324 e. The molecule has 3 aromatic carbocycles. The zero-order valence-electron chi connectivity index (χ0n) is 12.0. The molecule has 2 heteroatoms. The Balaban J connectivity index is 1.89. The van der Waals surface area contributed by atoms with Gasteiger partial charge in [-0.3, -0.25) is 0 Å². The molecule has 2 N–H and O–H groups in total. The van der Waals surface area contributed by atoms with Gasteiger partial charge in [-0.1, -0.05) is 58.4 Å². The molecule has 0 amide bonds. The van der Waals surface area contributed by atoms with Crippen molar-refractivity contribution < 1.29 is 0 Å². The van der Waals surface area contributed by atoms with E-state index in [0.717, 1.165) is 10.9 Å². The maximum Gasteiger partial charge on any atom is 0.0336 e. The average Bonchev–Trinajstić information content (AvgIpc) is 2.49. The first-order valence-electron chi connectivity index (χ1n) is 7.13. The van der Waals surface area contributed by atoms with E-state index < -0.39 is 0 Å². The first-order valence-corrected chi connectivity index (χ1v) is 7.92. The lowest BCUT2D eigenvalue weighted by molar-refractivity contribution is 0.720. The molecule has 0 aliphatic heterocycles. The van der Waals surface area contributed by atoms with Gasteiger partial charge >= 0.3 is 0 Å². The fourth-order valence-corrected chi connectivity index (χ4v) is 3.04. The smallest absolute Gasteiger partial charge is 0.0336 e. The normalized spacial score (nSPS) is 12.5. The Labute approximate surface area is 133 Å². The third-order valence-corrected chi connectivity index (χ3v) is 4.45. The highest BCUT2D eigenvalue weighted by atomic mass is 79.9. The van der Waals surface area contributed by atoms with Gasteiger partial charge < -0.3 is 5.73 Å². The second kappa shape index (κ2) is 6.00. The summed E-state index contributed by atoms with van der Waals surface area (Å²) in [4.78, 5) is 0. The summed E-state index contributed by atoms with van der Waals surface area (Å²) < 4.78 is 1.10. The van der Waals surface area contributed by atoms with Crippen LogP contribution in [0.3, 0.4) is 0 Å². The van der Waals surface area contributed by atoms with Gasteiger partial charge in [-0.05, 0) is 59.0 Å². The van der Waals surface area contributed by atoms with Crippen LogP contribution in [0.25, 0.3) is 10.8 Å². The van der Waals surface area contributed by atoms with Gasteiger partial charge in [0.1, 0.15) is 0 Å². The molecule has 1 nitrogen and oxygen atoms in total. The van der Waals surface area contributed by atoms with Crippen molar-refractivity contribution in [2.24, 2.45) is 5.73 Å². The molecule has 3 aromatic rings. The number of halogens is 1. The summed E-state index contributed by atoms with van der Waals surface area (Å²) in [7, 11) is 0. The summed E-state index contributed by atoms with van der Waals surface area (Å²) in [6.45, 7) is 2.14. The van der Waals surface area contributed by atoms with Crippen LogP contribution >= 0.6 is 15.9 Å². The van der Waals surface area contributed by atoms with E-state index in [1.54, 1.807) is 0 Å². The summed E-state index contributed by atoms with van der Waals surface area (Å²) >= 11 is 3.51. The highest BCUT2D eigenvalue weighted by molar-refractivity contribution is 9.10. The van der Waals surface area contributed by atoms with E-state index in [-0.39, 0.29) is 6.04 Å². The molecule has 3 rings (SSSR count). The first-order chi connectivity index (χ1) is 10.1. The van der Waals surface area contributed by atoms with Crippen LogP contribution in [0.1, 0.15) is 22.7 Å². The fourth-order valence-electron chi connectivity index (χ4n) is 2.66. The third-order valence-electron chi connectivity index (χ3n) is 3.96. The number of nitrogens with two attached hydrogens (primary N) is 1. The number of fused-ring (bicyclic) bond motifs is 1. The fraction of sp³-hybridized carbons (Fsp3) is 0.158. The Morgan fingerprint density at radius 2 is 1.67 bits per heavy atom. The van der Waals surface area contributed by atoms with E-state index in [1.165, 1.54) is 27.5 Å². The summed E-state index contributed by atoms with van der Waals surface area (Å²) in [6, 6.07) is 21.3. The van der Waals surface area contributed by atoms with Gasteiger partial charge in [0.15, 0.2) is 0 Å². The van der Waals surface area contributed by atoms with Gasteiger partial charge in [-0.25, -0.2) is 0 Å². The molecule has 0 aromatic heterocycles. The monoisotopic (exact) mass is 339 g/mol. The van der Waals surface area contributed by atoms with Crippen LogP contribution in [0.5, 0.6) is 0 Å². The number of benzene rings is 3. The van der Waals surface area contributed by atoms with E-state index in [9.17, 15) is 0 Å². The largest absolute Gasteiger partial charge is 0.324 e. The highest BCUT2D eigenvalue weighted by Gasteiger charge is 2.09. The molecule has 0 fully saturated rings. The van der Waals surface area contributed by atoms with Crippen LogP contribution in [0.15, 0.2) is 65.1 Å². The number of aryl methyl sites for hydroxylation is 1. The van der Waals surface area contributed by atoms with E-state index in [0.29, 0.717) is 0 Å². The lowest BCUT2D eigenvalue weighted by Gasteiger charge is -2.14. The molecule has 0 bridgehead atoms. The molecule has 1 atom stereocenters. The van der Waals surface area contributed by atoms with Crippen LogP contribution in [0, 0.1) is 6.92 Å². The Bertz CT molecular complexity index is 779.